The number of rotatable bonds is 6. The number of hydrogen-bond acceptors (Lipinski definition) is 5. The first-order valence-corrected chi connectivity index (χ1v) is 10.9. The molecule has 1 atom stereocenters. The quantitative estimate of drug-likeness (QED) is 0.767. The fourth-order valence-corrected chi connectivity index (χ4v) is 4.96. The molecular formula is C15H23NO5S2. The lowest BCUT2D eigenvalue weighted by Crippen LogP contribution is -2.31. The smallest absolute Gasteiger partial charge is 0.243 e. The first kappa shape index (κ1) is 18.2. The molecule has 0 aliphatic carbocycles. The maximum absolute atomic E-state index is 12.6. The van der Waals surface area contributed by atoms with Gasteiger partial charge in [0.05, 0.1) is 16.8 Å². The summed E-state index contributed by atoms with van der Waals surface area (Å²) in [6, 6.07) is 6.25. The van der Waals surface area contributed by atoms with Crippen molar-refractivity contribution in [2.45, 2.75) is 30.4 Å². The Morgan fingerprint density at radius 2 is 1.78 bits per heavy atom. The van der Waals surface area contributed by atoms with Gasteiger partial charge < -0.3 is 4.74 Å². The summed E-state index contributed by atoms with van der Waals surface area (Å²) in [5, 5.41) is -0.620. The fraction of sp³-hybridized carbons (Fsp3) is 0.600. The second-order valence-corrected chi connectivity index (χ2v) is 10.5. The molecule has 0 N–H and O–H groups in total. The van der Waals surface area contributed by atoms with Gasteiger partial charge in [-0.25, -0.2) is 16.8 Å². The molecule has 0 aromatic heterocycles. The van der Waals surface area contributed by atoms with E-state index in [0.717, 1.165) is 6.26 Å². The Bertz CT molecular complexity index is 739. The molecule has 2 rings (SSSR count). The lowest BCUT2D eigenvalue weighted by Gasteiger charge is -2.16. The highest BCUT2D eigenvalue weighted by molar-refractivity contribution is 7.91. The summed E-state index contributed by atoms with van der Waals surface area (Å²) >= 11 is 0. The number of ether oxygens (including phenoxy) is 1. The normalized spacial score (nSPS) is 20.1. The van der Waals surface area contributed by atoms with E-state index in [1.54, 1.807) is 12.1 Å². The molecule has 1 aromatic rings. The van der Waals surface area contributed by atoms with Gasteiger partial charge in [-0.2, -0.15) is 4.31 Å². The van der Waals surface area contributed by atoms with Gasteiger partial charge in [0.25, 0.3) is 0 Å². The second kappa shape index (κ2) is 6.78. The molecule has 1 unspecified atom stereocenters. The van der Waals surface area contributed by atoms with Crippen LogP contribution in [-0.4, -0.2) is 52.3 Å². The highest BCUT2D eigenvalue weighted by atomic mass is 32.2. The minimum absolute atomic E-state index is 0.0206. The van der Waals surface area contributed by atoms with Crippen molar-refractivity contribution >= 4 is 19.9 Å². The SMILES string of the molecule is CC(C)COc1ccc(S(=O)(=O)N2CCC(S(C)(=O)=O)C2)cc1. The van der Waals surface area contributed by atoms with Gasteiger partial charge in [0, 0.05) is 19.3 Å². The molecule has 1 saturated heterocycles. The Morgan fingerprint density at radius 1 is 1.17 bits per heavy atom. The predicted molar refractivity (Wildman–Crippen MR) is 88.8 cm³/mol. The van der Waals surface area contributed by atoms with Crippen LogP contribution in [0, 0.1) is 5.92 Å². The zero-order chi connectivity index (χ0) is 17.3. The zero-order valence-corrected chi connectivity index (χ0v) is 15.2. The number of nitrogens with zero attached hydrogens (tertiary/aromatic N) is 1. The lowest BCUT2D eigenvalue weighted by atomic mass is 10.2. The zero-order valence-electron chi connectivity index (χ0n) is 13.6. The summed E-state index contributed by atoms with van der Waals surface area (Å²) in [6.07, 6.45) is 1.49. The predicted octanol–water partition coefficient (Wildman–Crippen LogP) is 1.53. The molecule has 0 saturated carbocycles. The highest BCUT2D eigenvalue weighted by Crippen LogP contribution is 2.25. The molecule has 0 bridgehead atoms. The van der Waals surface area contributed by atoms with Gasteiger partial charge in [-0.15, -0.1) is 0 Å². The molecule has 6 nitrogen and oxygen atoms in total. The summed E-state index contributed by atoms with van der Waals surface area (Å²) in [4.78, 5) is 0.156. The average Bonchev–Trinajstić information content (AvgIpc) is 2.96. The second-order valence-electron chi connectivity index (χ2n) is 6.28. The van der Waals surface area contributed by atoms with E-state index in [0.29, 0.717) is 24.7 Å². The summed E-state index contributed by atoms with van der Waals surface area (Å²) in [6.45, 7) is 4.88. The topological polar surface area (TPSA) is 80.8 Å². The van der Waals surface area contributed by atoms with Crippen molar-refractivity contribution < 1.29 is 21.6 Å². The molecule has 8 heteroatoms. The van der Waals surface area contributed by atoms with Crippen LogP contribution < -0.4 is 4.74 Å². The van der Waals surface area contributed by atoms with E-state index in [9.17, 15) is 16.8 Å². The summed E-state index contributed by atoms with van der Waals surface area (Å²) < 4.78 is 55.1. The van der Waals surface area contributed by atoms with Gasteiger partial charge in [0.2, 0.25) is 10.0 Å². The van der Waals surface area contributed by atoms with Crippen LogP contribution in [0.4, 0.5) is 0 Å². The van der Waals surface area contributed by atoms with Gasteiger partial charge >= 0.3 is 0 Å². The first-order valence-electron chi connectivity index (χ1n) is 7.52. The van der Waals surface area contributed by atoms with Crippen molar-refractivity contribution in [1.82, 2.24) is 4.31 Å². The Kier molecular flexibility index (Phi) is 5.37. The molecule has 0 amide bonds. The van der Waals surface area contributed by atoms with Crippen LogP contribution in [0.5, 0.6) is 5.75 Å². The van der Waals surface area contributed by atoms with Gasteiger partial charge in [-0.1, -0.05) is 13.8 Å². The molecule has 1 aromatic carbocycles. The van der Waals surface area contributed by atoms with Gasteiger partial charge in [0.15, 0.2) is 9.84 Å². The lowest BCUT2D eigenvalue weighted by molar-refractivity contribution is 0.271. The molecule has 130 valence electrons. The molecule has 0 radical (unpaired) electrons. The Hall–Kier alpha value is -1.12. The van der Waals surface area contributed by atoms with E-state index in [1.165, 1.54) is 16.4 Å². The van der Waals surface area contributed by atoms with Gasteiger partial charge in [0.1, 0.15) is 5.75 Å². The third-order valence-electron chi connectivity index (χ3n) is 3.76. The maximum Gasteiger partial charge on any atom is 0.243 e. The monoisotopic (exact) mass is 361 g/mol. The van der Waals surface area contributed by atoms with Gasteiger partial charge in [-0.05, 0) is 36.6 Å². The van der Waals surface area contributed by atoms with Crippen LogP contribution in [-0.2, 0) is 19.9 Å². The molecule has 1 aliphatic heterocycles. The van der Waals surface area contributed by atoms with Crippen molar-refractivity contribution in [2.24, 2.45) is 5.92 Å². The maximum atomic E-state index is 12.6. The van der Waals surface area contributed by atoms with Crippen LogP contribution in [0.1, 0.15) is 20.3 Å². The third kappa shape index (κ3) is 4.45. The average molecular weight is 361 g/mol. The van der Waals surface area contributed by atoms with Crippen molar-refractivity contribution in [3.05, 3.63) is 24.3 Å². The minimum Gasteiger partial charge on any atom is -0.493 e. The number of hydrogen-bond donors (Lipinski definition) is 0. The van der Waals surface area contributed by atoms with Crippen molar-refractivity contribution in [2.75, 3.05) is 26.0 Å². The number of sulfone groups is 1. The largest absolute Gasteiger partial charge is 0.493 e. The molecule has 1 aliphatic rings. The third-order valence-corrected chi connectivity index (χ3v) is 7.23. The van der Waals surface area contributed by atoms with Crippen LogP contribution in [0.2, 0.25) is 0 Å². The molecule has 23 heavy (non-hydrogen) atoms. The Labute approximate surface area is 138 Å². The standard InChI is InChI=1S/C15H23NO5S2/c1-12(2)11-21-13-4-6-14(7-5-13)23(19,20)16-9-8-15(10-16)22(3,17)18/h4-7,12,15H,8-11H2,1-3H3. The van der Waals surface area contributed by atoms with E-state index >= 15 is 0 Å². The van der Waals surface area contributed by atoms with Crippen molar-refractivity contribution in [1.29, 1.82) is 0 Å². The Balaban J connectivity index is 2.11. The van der Waals surface area contributed by atoms with E-state index in [2.05, 4.69) is 0 Å². The first-order chi connectivity index (χ1) is 10.6. The van der Waals surface area contributed by atoms with E-state index in [-0.39, 0.29) is 18.0 Å². The summed E-state index contributed by atoms with van der Waals surface area (Å²) in [5.74, 6) is 1.00. The summed E-state index contributed by atoms with van der Waals surface area (Å²) in [7, 11) is -6.89. The van der Waals surface area contributed by atoms with E-state index in [4.69, 9.17) is 4.74 Å². The van der Waals surface area contributed by atoms with Crippen LogP contribution in [0.3, 0.4) is 0 Å². The van der Waals surface area contributed by atoms with Crippen molar-refractivity contribution in [3.8, 4) is 5.75 Å². The van der Waals surface area contributed by atoms with Crippen LogP contribution >= 0.6 is 0 Å². The van der Waals surface area contributed by atoms with Crippen LogP contribution in [0.25, 0.3) is 0 Å². The molecule has 1 heterocycles. The fourth-order valence-electron chi connectivity index (χ4n) is 2.39. The van der Waals surface area contributed by atoms with Crippen molar-refractivity contribution in [3.63, 3.8) is 0 Å². The van der Waals surface area contributed by atoms with E-state index in [1.807, 2.05) is 13.8 Å². The van der Waals surface area contributed by atoms with Crippen LogP contribution in [0.15, 0.2) is 29.2 Å². The Morgan fingerprint density at radius 3 is 2.26 bits per heavy atom. The van der Waals surface area contributed by atoms with Gasteiger partial charge in [-0.3, -0.25) is 0 Å². The highest BCUT2D eigenvalue weighted by Gasteiger charge is 2.36. The molecular weight excluding hydrogens is 338 g/mol. The molecule has 1 fully saturated rings. The van der Waals surface area contributed by atoms with E-state index < -0.39 is 25.1 Å². The number of sulfonamides is 1. The summed E-state index contributed by atoms with van der Waals surface area (Å²) in [5.41, 5.74) is 0. The number of benzene rings is 1. The molecule has 0 spiro atoms. The minimum atomic E-state index is -3.67.